The fourth-order valence-electron chi connectivity index (χ4n) is 4.63. The summed E-state index contributed by atoms with van der Waals surface area (Å²) in [4.78, 5) is 0. The van der Waals surface area contributed by atoms with Gasteiger partial charge in [0.1, 0.15) is 0 Å². The predicted molar refractivity (Wildman–Crippen MR) is 122 cm³/mol. The van der Waals surface area contributed by atoms with E-state index >= 15 is 0 Å². The second-order valence-corrected chi connectivity index (χ2v) is 12.8. The Bertz CT molecular complexity index is 799. The number of hydrogen-bond acceptors (Lipinski definition) is 0. The fraction of sp³-hybridized carbons (Fsp3) is 0.250. The average molecular weight is 425 g/mol. The summed E-state index contributed by atoms with van der Waals surface area (Å²) in [6.07, 6.45) is 5.43. The van der Waals surface area contributed by atoms with Gasteiger partial charge in [-0.25, -0.2) is 0 Å². The molecular formula is C24H26BrP. The molecule has 0 aliphatic heterocycles. The SMILES string of the molecule is BrC[PH](c1ccccc1)(c1ccccc1)c1ccccc1C1CCCC1. The van der Waals surface area contributed by atoms with E-state index in [1.807, 2.05) is 0 Å². The molecule has 4 rings (SSSR count). The van der Waals surface area contributed by atoms with Crippen molar-refractivity contribution < 1.29 is 0 Å². The van der Waals surface area contributed by atoms with Crippen molar-refractivity contribution in [2.45, 2.75) is 31.6 Å². The number of alkyl halides is 1. The van der Waals surface area contributed by atoms with Gasteiger partial charge in [0.15, 0.2) is 0 Å². The van der Waals surface area contributed by atoms with E-state index in [4.69, 9.17) is 0 Å². The Kier molecular flexibility index (Phi) is 5.57. The molecule has 0 atom stereocenters. The van der Waals surface area contributed by atoms with Crippen LogP contribution in [0.4, 0.5) is 0 Å². The number of halogens is 1. The van der Waals surface area contributed by atoms with E-state index in [-0.39, 0.29) is 0 Å². The zero-order chi connectivity index (χ0) is 17.8. The maximum absolute atomic E-state index is 3.99. The summed E-state index contributed by atoms with van der Waals surface area (Å²) in [5.74, 6) is 0.726. The van der Waals surface area contributed by atoms with E-state index in [0.717, 1.165) is 11.0 Å². The summed E-state index contributed by atoms with van der Waals surface area (Å²) in [5, 5.41) is 5.60. The third-order valence-corrected chi connectivity index (χ3v) is 12.9. The molecule has 3 aromatic carbocycles. The number of rotatable bonds is 5. The van der Waals surface area contributed by atoms with E-state index in [1.165, 1.54) is 36.3 Å². The molecule has 134 valence electrons. The predicted octanol–water partition coefficient (Wildman–Crippen LogP) is 5.72. The minimum atomic E-state index is -2.09. The summed E-state index contributed by atoms with van der Waals surface area (Å²) >= 11 is 3.99. The Morgan fingerprint density at radius 3 is 1.73 bits per heavy atom. The first-order chi connectivity index (χ1) is 12.9. The van der Waals surface area contributed by atoms with Gasteiger partial charge >= 0.3 is 166 Å². The second kappa shape index (κ2) is 8.07. The van der Waals surface area contributed by atoms with Crippen LogP contribution >= 0.6 is 23.2 Å². The standard InChI is InChI=1S/C24H26BrP/c25-19-26(21-13-3-1-4-14-21,22-15-5-2-6-16-22)24-18-10-9-17-23(24)20-11-7-8-12-20/h1-6,9-10,13-18,20,26H,7-8,11-12,19H2. The van der Waals surface area contributed by atoms with Crippen LogP contribution in [0.5, 0.6) is 0 Å². The molecule has 1 fully saturated rings. The van der Waals surface area contributed by atoms with Gasteiger partial charge in [-0.3, -0.25) is 0 Å². The first kappa shape index (κ1) is 18.0. The fourth-order valence-corrected chi connectivity index (χ4v) is 11.6. The molecule has 3 aromatic rings. The van der Waals surface area contributed by atoms with E-state index < -0.39 is 7.26 Å². The number of hydrogen-bond donors (Lipinski definition) is 0. The van der Waals surface area contributed by atoms with Gasteiger partial charge in [-0.1, -0.05) is 0 Å². The van der Waals surface area contributed by atoms with Crippen LogP contribution in [0, 0.1) is 0 Å². The molecular weight excluding hydrogens is 399 g/mol. The second-order valence-electron chi connectivity index (χ2n) is 7.34. The van der Waals surface area contributed by atoms with Crippen molar-refractivity contribution in [1.29, 1.82) is 0 Å². The van der Waals surface area contributed by atoms with Gasteiger partial charge < -0.3 is 0 Å². The Labute approximate surface area is 166 Å². The summed E-state index contributed by atoms with van der Waals surface area (Å²) in [5.41, 5.74) is 1.60. The molecule has 0 saturated heterocycles. The van der Waals surface area contributed by atoms with Crippen molar-refractivity contribution in [3.63, 3.8) is 0 Å². The van der Waals surface area contributed by atoms with Crippen LogP contribution < -0.4 is 15.9 Å². The summed E-state index contributed by atoms with van der Waals surface area (Å²) < 4.78 is 0. The first-order valence-electron chi connectivity index (χ1n) is 9.62. The Morgan fingerprint density at radius 2 is 1.19 bits per heavy atom. The molecule has 1 saturated carbocycles. The Hall–Kier alpha value is -1.43. The molecule has 0 N–H and O–H groups in total. The van der Waals surface area contributed by atoms with Crippen LogP contribution in [-0.4, -0.2) is 5.07 Å². The van der Waals surface area contributed by atoms with Crippen molar-refractivity contribution in [2.24, 2.45) is 0 Å². The molecule has 0 nitrogen and oxygen atoms in total. The van der Waals surface area contributed by atoms with Gasteiger partial charge in [0.05, 0.1) is 0 Å². The zero-order valence-corrected chi connectivity index (χ0v) is 17.7. The van der Waals surface area contributed by atoms with Crippen LogP contribution in [0.1, 0.15) is 37.2 Å². The molecule has 0 aromatic heterocycles. The summed E-state index contributed by atoms with van der Waals surface area (Å²) in [7, 11) is -2.09. The van der Waals surface area contributed by atoms with Gasteiger partial charge in [0.2, 0.25) is 0 Å². The van der Waals surface area contributed by atoms with E-state index in [2.05, 4.69) is 101 Å². The molecule has 0 radical (unpaired) electrons. The molecule has 1 aliphatic carbocycles. The van der Waals surface area contributed by atoms with Gasteiger partial charge in [0.25, 0.3) is 0 Å². The molecule has 0 spiro atoms. The summed E-state index contributed by atoms with van der Waals surface area (Å²) in [6.45, 7) is 0. The number of benzene rings is 3. The van der Waals surface area contributed by atoms with Crippen LogP contribution in [0.3, 0.4) is 0 Å². The van der Waals surface area contributed by atoms with Gasteiger partial charge in [-0.05, 0) is 0 Å². The van der Waals surface area contributed by atoms with Crippen molar-refractivity contribution in [3.8, 4) is 0 Å². The minimum absolute atomic E-state index is 0.726. The maximum atomic E-state index is 3.99. The van der Waals surface area contributed by atoms with Crippen LogP contribution in [-0.2, 0) is 0 Å². The normalized spacial score (nSPS) is 15.9. The van der Waals surface area contributed by atoms with Crippen molar-refractivity contribution in [3.05, 3.63) is 90.5 Å². The van der Waals surface area contributed by atoms with Crippen LogP contribution in [0.25, 0.3) is 0 Å². The molecule has 0 unspecified atom stereocenters. The summed E-state index contributed by atoms with van der Waals surface area (Å²) in [6, 6.07) is 31.7. The zero-order valence-electron chi connectivity index (χ0n) is 15.1. The Balaban J connectivity index is 1.98. The molecule has 2 heteroatoms. The topological polar surface area (TPSA) is 0 Å². The van der Waals surface area contributed by atoms with Gasteiger partial charge in [-0.2, -0.15) is 0 Å². The quantitative estimate of drug-likeness (QED) is 0.362. The van der Waals surface area contributed by atoms with Gasteiger partial charge in [-0.15, -0.1) is 0 Å². The van der Waals surface area contributed by atoms with Crippen molar-refractivity contribution in [1.82, 2.24) is 0 Å². The third kappa shape index (κ3) is 3.17. The molecule has 0 heterocycles. The van der Waals surface area contributed by atoms with Crippen LogP contribution in [0.15, 0.2) is 84.9 Å². The average Bonchev–Trinajstić information content (AvgIpc) is 3.26. The van der Waals surface area contributed by atoms with Gasteiger partial charge in [0, 0.05) is 0 Å². The molecule has 1 aliphatic rings. The van der Waals surface area contributed by atoms with E-state index in [9.17, 15) is 0 Å². The first-order valence-corrected chi connectivity index (χ1v) is 13.0. The van der Waals surface area contributed by atoms with Crippen molar-refractivity contribution in [2.75, 3.05) is 5.07 Å². The molecule has 26 heavy (non-hydrogen) atoms. The monoisotopic (exact) mass is 424 g/mol. The van der Waals surface area contributed by atoms with Crippen LogP contribution in [0.2, 0.25) is 0 Å². The molecule has 0 bridgehead atoms. The third-order valence-electron chi connectivity index (χ3n) is 5.95. The van der Waals surface area contributed by atoms with E-state index in [1.54, 1.807) is 10.9 Å². The van der Waals surface area contributed by atoms with Crippen molar-refractivity contribution >= 4 is 39.1 Å². The Morgan fingerprint density at radius 1 is 0.692 bits per heavy atom. The molecule has 0 amide bonds. The van der Waals surface area contributed by atoms with E-state index in [0.29, 0.717) is 0 Å².